The number of anilines is 1. The van der Waals surface area contributed by atoms with Crippen molar-refractivity contribution in [2.24, 2.45) is 0 Å². The Labute approximate surface area is 132 Å². The van der Waals surface area contributed by atoms with Gasteiger partial charge in [0.1, 0.15) is 5.82 Å². The van der Waals surface area contributed by atoms with Crippen molar-refractivity contribution in [3.63, 3.8) is 0 Å². The van der Waals surface area contributed by atoms with Crippen LogP contribution in [0.15, 0.2) is 32.5 Å². The highest BCUT2D eigenvalue weighted by Gasteiger charge is 2.23. The fraction of sp³-hybridized carbons (Fsp3) is 0.286. The molecular weight excluding hydrogens is 393 g/mol. The van der Waals surface area contributed by atoms with Crippen LogP contribution < -0.4 is 5.32 Å². The summed E-state index contributed by atoms with van der Waals surface area (Å²) in [6.07, 6.45) is 3.32. The van der Waals surface area contributed by atoms with Crippen LogP contribution in [0.1, 0.15) is 29.3 Å². The van der Waals surface area contributed by atoms with Crippen molar-refractivity contribution in [2.45, 2.75) is 25.3 Å². The maximum atomic E-state index is 13.8. The second-order valence-corrected chi connectivity index (χ2v) is 8.07. The van der Waals surface area contributed by atoms with Gasteiger partial charge in [-0.15, -0.1) is 11.3 Å². The standard InChI is InChI=1S/C14H12Br2FNS/c15-8-4-5-10(17)12(6-8)18-11-2-1-3-13-9(11)7-14(16)19-13/h4-7,11,18H,1-3H2. The Balaban J connectivity index is 1.90. The molecule has 0 fully saturated rings. The van der Waals surface area contributed by atoms with Crippen molar-refractivity contribution >= 4 is 48.9 Å². The number of aryl methyl sites for hydroxylation is 1. The minimum Gasteiger partial charge on any atom is -0.376 e. The normalized spacial score (nSPS) is 18.2. The molecule has 1 aliphatic carbocycles. The van der Waals surface area contributed by atoms with Crippen molar-refractivity contribution in [2.75, 3.05) is 5.32 Å². The van der Waals surface area contributed by atoms with Crippen molar-refractivity contribution in [3.8, 4) is 0 Å². The van der Waals surface area contributed by atoms with Crippen LogP contribution in [-0.4, -0.2) is 0 Å². The highest BCUT2D eigenvalue weighted by molar-refractivity contribution is 9.11. The van der Waals surface area contributed by atoms with Gasteiger partial charge in [-0.3, -0.25) is 0 Å². The SMILES string of the molecule is Fc1ccc(Br)cc1NC1CCCc2sc(Br)cc21. The molecule has 5 heteroatoms. The molecule has 0 bridgehead atoms. The third-order valence-corrected chi connectivity index (χ3v) is 5.55. The zero-order valence-electron chi connectivity index (χ0n) is 10.1. The number of hydrogen-bond donors (Lipinski definition) is 1. The Bertz CT molecular complexity index is 611. The van der Waals surface area contributed by atoms with E-state index in [0.29, 0.717) is 5.69 Å². The Kier molecular flexibility index (Phi) is 3.96. The zero-order valence-corrected chi connectivity index (χ0v) is 14.0. The Hall–Kier alpha value is -0.390. The minimum atomic E-state index is -0.204. The first kappa shape index (κ1) is 13.6. The summed E-state index contributed by atoms with van der Waals surface area (Å²) < 4.78 is 15.9. The van der Waals surface area contributed by atoms with Crippen LogP contribution in [0, 0.1) is 5.82 Å². The number of hydrogen-bond acceptors (Lipinski definition) is 2. The molecule has 1 aromatic carbocycles. The summed E-state index contributed by atoms with van der Waals surface area (Å²) in [7, 11) is 0. The van der Waals surface area contributed by atoms with E-state index in [0.717, 1.165) is 27.5 Å². The lowest BCUT2D eigenvalue weighted by atomic mass is 9.94. The molecule has 2 aromatic rings. The molecule has 19 heavy (non-hydrogen) atoms. The molecule has 3 rings (SSSR count). The molecule has 1 atom stereocenters. The zero-order chi connectivity index (χ0) is 13.4. The summed E-state index contributed by atoms with van der Waals surface area (Å²) in [5, 5.41) is 3.34. The predicted octanol–water partition coefficient (Wildman–Crippen LogP) is 5.90. The second kappa shape index (κ2) is 5.54. The summed E-state index contributed by atoms with van der Waals surface area (Å²) >= 11 is 8.71. The topological polar surface area (TPSA) is 12.0 Å². The molecule has 1 heterocycles. The van der Waals surface area contributed by atoms with E-state index in [1.54, 1.807) is 23.5 Å². The van der Waals surface area contributed by atoms with E-state index >= 15 is 0 Å². The van der Waals surface area contributed by atoms with E-state index in [2.05, 4.69) is 43.2 Å². The molecule has 0 saturated heterocycles. The van der Waals surface area contributed by atoms with Crippen LogP contribution in [-0.2, 0) is 6.42 Å². The Morgan fingerprint density at radius 3 is 2.95 bits per heavy atom. The molecule has 1 N–H and O–H groups in total. The molecule has 1 aromatic heterocycles. The van der Waals surface area contributed by atoms with Crippen LogP contribution in [0.2, 0.25) is 0 Å². The van der Waals surface area contributed by atoms with Gasteiger partial charge < -0.3 is 5.32 Å². The second-order valence-electron chi connectivity index (χ2n) is 4.64. The Morgan fingerprint density at radius 1 is 1.26 bits per heavy atom. The molecule has 1 nitrogen and oxygen atoms in total. The summed E-state index contributed by atoms with van der Waals surface area (Å²) in [5.41, 5.74) is 1.87. The van der Waals surface area contributed by atoms with Gasteiger partial charge in [0.2, 0.25) is 0 Å². The summed E-state index contributed by atoms with van der Waals surface area (Å²) in [6, 6.07) is 7.36. The molecule has 0 radical (unpaired) electrons. The van der Waals surface area contributed by atoms with Crippen LogP contribution in [0.5, 0.6) is 0 Å². The van der Waals surface area contributed by atoms with Gasteiger partial charge in [-0.05, 0) is 65.0 Å². The molecule has 1 unspecified atom stereocenters. The minimum absolute atomic E-state index is 0.204. The van der Waals surface area contributed by atoms with E-state index in [9.17, 15) is 4.39 Å². The van der Waals surface area contributed by atoms with Gasteiger partial charge in [0.25, 0.3) is 0 Å². The van der Waals surface area contributed by atoms with Crippen LogP contribution in [0.4, 0.5) is 10.1 Å². The first-order valence-corrected chi connectivity index (χ1v) is 8.53. The smallest absolute Gasteiger partial charge is 0.146 e. The van der Waals surface area contributed by atoms with Gasteiger partial charge in [0.15, 0.2) is 0 Å². The lowest BCUT2D eigenvalue weighted by molar-refractivity contribution is 0.592. The average Bonchev–Trinajstić information content (AvgIpc) is 2.75. The van der Waals surface area contributed by atoms with Gasteiger partial charge in [0.05, 0.1) is 15.5 Å². The molecule has 0 amide bonds. The Morgan fingerprint density at radius 2 is 2.11 bits per heavy atom. The van der Waals surface area contributed by atoms with Gasteiger partial charge >= 0.3 is 0 Å². The van der Waals surface area contributed by atoms with Crippen LogP contribution in [0.3, 0.4) is 0 Å². The molecule has 0 aliphatic heterocycles. The van der Waals surface area contributed by atoms with Gasteiger partial charge in [-0.25, -0.2) is 4.39 Å². The predicted molar refractivity (Wildman–Crippen MR) is 85.4 cm³/mol. The van der Waals surface area contributed by atoms with E-state index < -0.39 is 0 Å². The van der Waals surface area contributed by atoms with Crippen LogP contribution in [0.25, 0.3) is 0 Å². The van der Waals surface area contributed by atoms with E-state index in [1.807, 2.05) is 0 Å². The average molecular weight is 405 g/mol. The molecule has 0 saturated carbocycles. The number of thiophene rings is 1. The number of halogens is 3. The largest absolute Gasteiger partial charge is 0.376 e. The highest BCUT2D eigenvalue weighted by atomic mass is 79.9. The van der Waals surface area contributed by atoms with E-state index in [4.69, 9.17) is 0 Å². The number of fused-ring (bicyclic) bond motifs is 1. The third kappa shape index (κ3) is 2.88. The quantitative estimate of drug-likeness (QED) is 0.656. The number of benzene rings is 1. The monoisotopic (exact) mass is 403 g/mol. The van der Waals surface area contributed by atoms with Gasteiger partial charge in [0, 0.05) is 9.35 Å². The summed E-state index contributed by atoms with van der Waals surface area (Å²) in [4.78, 5) is 1.41. The van der Waals surface area contributed by atoms with Crippen LogP contribution >= 0.6 is 43.2 Å². The van der Waals surface area contributed by atoms with E-state index in [1.165, 1.54) is 16.5 Å². The highest BCUT2D eigenvalue weighted by Crippen LogP contribution is 2.40. The first-order valence-electron chi connectivity index (χ1n) is 6.13. The number of rotatable bonds is 2. The molecule has 100 valence electrons. The molecular formula is C14H12Br2FNS. The summed E-state index contributed by atoms with van der Waals surface area (Å²) in [6.45, 7) is 0. The fourth-order valence-electron chi connectivity index (χ4n) is 2.47. The van der Waals surface area contributed by atoms with Gasteiger partial charge in [-0.2, -0.15) is 0 Å². The molecule has 1 aliphatic rings. The third-order valence-electron chi connectivity index (χ3n) is 3.34. The van der Waals surface area contributed by atoms with Crippen molar-refractivity contribution < 1.29 is 4.39 Å². The lowest BCUT2D eigenvalue weighted by Crippen LogP contribution is -2.16. The van der Waals surface area contributed by atoms with Gasteiger partial charge in [-0.1, -0.05) is 15.9 Å². The van der Waals surface area contributed by atoms with Crippen molar-refractivity contribution in [1.29, 1.82) is 0 Å². The molecule has 0 spiro atoms. The van der Waals surface area contributed by atoms with E-state index in [-0.39, 0.29) is 11.9 Å². The van der Waals surface area contributed by atoms with Crippen molar-refractivity contribution in [1.82, 2.24) is 0 Å². The lowest BCUT2D eigenvalue weighted by Gasteiger charge is -2.25. The summed E-state index contributed by atoms with van der Waals surface area (Å²) in [5.74, 6) is -0.204. The van der Waals surface area contributed by atoms with Crippen molar-refractivity contribution in [3.05, 3.63) is 48.8 Å². The maximum Gasteiger partial charge on any atom is 0.146 e. The first-order chi connectivity index (χ1) is 9.13. The maximum absolute atomic E-state index is 13.8. The fourth-order valence-corrected chi connectivity index (χ4v) is 4.65. The number of nitrogens with one attached hydrogen (secondary N) is 1.